The summed E-state index contributed by atoms with van der Waals surface area (Å²) in [5.74, 6) is 0.251. The molecule has 0 radical (unpaired) electrons. The van der Waals surface area contributed by atoms with Crippen molar-refractivity contribution in [2.75, 3.05) is 44.6 Å². The van der Waals surface area contributed by atoms with Gasteiger partial charge in [-0.25, -0.2) is 13.8 Å². The number of thiazole rings is 1. The molecular formula is C32H37F2N5O2S. The monoisotopic (exact) mass is 593 g/mol. The van der Waals surface area contributed by atoms with Gasteiger partial charge in [-0.3, -0.25) is 9.20 Å². The fourth-order valence-corrected chi connectivity index (χ4v) is 7.12. The summed E-state index contributed by atoms with van der Waals surface area (Å²) in [4.78, 5) is 21.1. The van der Waals surface area contributed by atoms with E-state index in [0.29, 0.717) is 42.1 Å². The summed E-state index contributed by atoms with van der Waals surface area (Å²) in [6.07, 6.45) is 7.55. The lowest BCUT2D eigenvalue weighted by atomic mass is 10.0. The first kappa shape index (κ1) is 27.7. The third kappa shape index (κ3) is 5.89. The van der Waals surface area contributed by atoms with Crippen LogP contribution in [0.4, 0.5) is 14.5 Å². The number of alkyl halides is 1. The molecule has 2 aliphatic heterocycles. The number of halogens is 2. The van der Waals surface area contributed by atoms with Crippen molar-refractivity contribution in [1.82, 2.24) is 19.6 Å². The van der Waals surface area contributed by atoms with Crippen molar-refractivity contribution in [3.05, 3.63) is 53.5 Å². The molecule has 2 aromatic carbocycles. The van der Waals surface area contributed by atoms with Crippen LogP contribution in [0.15, 0.2) is 36.5 Å². The van der Waals surface area contributed by atoms with Crippen molar-refractivity contribution in [2.24, 2.45) is 5.92 Å². The van der Waals surface area contributed by atoms with Crippen LogP contribution in [-0.2, 0) is 4.74 Å². The van der Waals surface area contributed by atoms with Gasteiger partial charge in [0, 0.05) is 50.2 Å². The number of hydrogen-bond donors (Lipinski definition) is 2. The second-order valence-corrected chi connectivity index (χ2v) is 12.9. The van der Waals surface area contributed by atoms with Crippen molar-refractivity contribution in [1.29, 1.82) is 0 Å². The summed E-state index contributed by atoms with van der Waals surface area (Å²) in [5.41, 5.74) is 4.30. The van der Waals surface area contributed by atoms with Crippen LogP contribution in [0.25, 0.3) is 26.4 Å². The number of anilines is 1. The van der Waals surface area contributed by atoms with Gasteiger partial charge in [-0.2, -0.15) is 0 Å². The quantitative estimate of drug-likeness (QED) is 0.203. The van der Waals surface area contributed by atoms with Gasteiger partial charge >= 0.3 is 0 Å². The van der Waals surface area contributed by atoms with E-state index < -0.39 is 6.17 Å². The van der Waals surface area contributed by atoms with E-state index in [1.807, 2.05) is 28.8 Å². The largest absolute Gasteiger partial charge is 0.384 e. The van der Waals surface area contributed by atoms with Gasteiger partial charge in [0.25, 0.3) is 5.91 Å². The standard InChI is InChI=1S/C32H37F2N5O2S/c33-22-8-12-38(13-9-22)11-2-10-35-31(40)24-16-30-28(17-26(24)36-18-20-4-5-20)39-19-27(37-32(39)42-30)23-7-6-21(15-25(23)34)29-3-1-14-41-29/h6-7,15-17,19-20,22,29,36H,1-5,8-14,18H2,(H,35,40)/t29-/m1/s1. The maximum absolute atomic E-state index is 15.2. The van der Waals surface area contributed by atoms with E-state index in [4.69, 9.17) is 9.72 Å². The summed E-state index contributed by atoms with van der Waals surface area (Å²) in [6.45, 7) is 4.57. The number of imidazole rings is 1. The number of hydrogen-bond acceptors (Lipinski definition) is 6. The highest BCUT2D eigenvalue weighted by Gasteiger charge is 2.24. The number of fused-ring (bicyclic) bond motifs is 3. The topological polar surface area (TPSA) is 70.9 Å². The fourth-order valence-electron chi connectivity index (χ4n) is 6.09. The predicted octanol–water partition coefficient (Wildman–Crippen LogP) is 6.58. The van der Waals surface area contributed by atoms with Crippen LogP contribution < -0.4 is 10.6 Å². The first-order chi connectivity index (χ1) is 20.5. The molecular weight excluding hydrogens is 556 g/mol. The highest BCUT2D eigenvalue weighted by Crippen LogP contribution is 2.36. The summed E-state index contributed by atoms with van der Waals surface area (Å²) >= 11 is 1.50. The molecule has 7 rings (SSSR count). The van der Waals surface area contributed by atoms with Gasteiger partial charge in [0.05, 0.1) is 27.6 Å². The molecule has 1 saturated carbocycles. The van der Waals surface area contributed by atoms with Gasteiger partial charge in [0.2, 0.25) is 0 Å². The number of nitrogens with zero attached hydrogens (tertiary/aromatic N) is 3. The summed E-state index contributed by atoms with van der Waals surface area (Å²) in [7, 11) is 0. The number of rotatable bonds is 10. The minimum absolute atomic E-state index is 0.0314. The van der Waals surface area contributed by atoms with E-state index in [-0.39, 0.29) is 17.8 Å². The van der Waals surface area contributed by atoms with Crippen LogP contribution in [-0.4, -0.2) is 65.7 Å². The molecule has 3 fully saturated rings. The molecule has 222 valence electrons. The second kappa shape index (κ2) is 11.9. The molecule has 10 heteroatoms. The van der Waals surface area contributed by atoms with Crippen LogP contribution in [0.5, 0.6) is 0 Å². The molecule has 4 heterocycles. The van der Waals surface area contributed by atoms with E-state index in [1.165, 1.54) is 24.2 Å². The molecule has 42 heavy (non-hydrogen) atoms. The molecule has 2 N–H and O–H groups in total. The highest BCUT2D eigenvalue weighted by atomic mass is 32.1. The molecule has 1 aliphatic carbocycles. The zero-order chi connectivity index (χ0) is 28.6. The second-order valence-electron chi connectivity index (χ2n) is 11.9. The van der Waals surface area contributed by atoms with Crippen LogP contribution in [0.3, 0.4) is 0 Å². The minimum atomic E-state index is -0.673. The first-order valence-corrected chi connectivity index (χ1v) is 16.1. The summed E-state index contributed by atoms with van der Waals surface area (Å²) < 4.78 is 37.3. The summed E-state index contributed by atoms with van der Waals surface area (Å²) in [5, 5.41) is 6.62. The van der Waals surface area contributed by atoms with E-state index in [9.17, 15) is 9.18 Å². The fraction of sp³-hybridized carbons (Fsp3) is 0.500. The smallest absolute Gasteiger partial charge is 0.253 e. The normalized spacial score (nSPS) is 20.1. The van der Waals surface area contributed by atoms with E-state index in [2.05, 4.69) is 15.5 Å². The Bertz CT molecular complexity index is 1580. The van der Waals surface area contributed by atoms with E-state index in [1.54, 1.807) is 12.1 Å². The molecule has 4 aromatic rings. The molecule has 1 atom stereocenters. The van der Waals surface area contributed by atoms with Crippen molar-refractivity contribution < 1.29 is 18.3 Å². The predicted molar refractivity (Wildman–Crippen MR) is 163 cm³/mol. The Morgan fingerprint density at radius 1 is 1.12 bits per heavy atom. The van der Waals surface area contributed by atoms with Crippen LogP contribution in [0, 0.1) is 11.7 Å². The van der Waals surface area contributed by atoms with Gasteiger partial charge in [0.15, 0.2) is 4.96 Å². The lowest BCUT2D eigenvalue weighted by Gasteiger charge is -2.28. The van der Waals surface area contributed by atoms with Gasteiger partial charge in [0.1, 0.15) is 12.0 Å². The van der Waals surface area contributed by atoms with Crippen LogP contribution >= 0.6 is 11.3 Å². The minimum Gasteiger partial charge on any atom is -0.384 e. The lowest BCUT2D eigenvalue weighted by Crippen LogP contribution is -2.36. The number of carbonyl (C=O) groups excluding carboxylic acids is 1. The molecule has 2 saturated heterocycles. The van der Waals surface area contributed by atoms with Gasteiger partial charge in [-0.05, 0) is 87.2 Å². The molecule has 7 nitrogen and oxygen atoms in total. The Labute approximate surface area is 248 Å². The van der Waals surface area contributed by atoms with E-state index in [0.717, 1.165) is 78.5 Å². The summed E-state index contributed by atoms with van der Waals surface area (Å²) in [6, 6.07) is 9.29. The number of carbonyl (C=O) groups is 1. The third-order valence-corrected chi connectivity index (χ3v) is 9.80. The molecule has 0 spiro atoms. The molecule has 2 aromatic heterocycles. The number of piperidine rings is 1. The van der Waals surface area contributed by atoms with Crippen LogP contribution in [0.1, 0.15) is 67.0 Å². The average Bonchev–Trinajstić information content (AvgIpc) is 3.34. The molecule has 0 bridgehead atoms. The average molecular weight is 594 g/mol. The SMILES string of the molecule is O=C(NCCCN1CCC(F)CC1)c1cc2sc3nc(-c4ccc([C@H]5CCCO5)cc4F)cn3c2cc1NCC1CC1. The zero-order valence-corrected chi connectivity index (χ0v) is 24.5. The Morgan fingerprint density at radius 3 is 2.74 bits per heavy atom. The Kier molecular flexibility index (Phi) is 7.85. The van der Waals surface area contributed by atoms with Gasteiger partial charge in [-0.15, -0.1) is 0 Å². The maximum Gasteiger partial charge on any atom is 0.253 e. The number of ether oxygens (including phenoxy) is 1. The molecule has 3 aliphatic rings. The number of likely N-dealkylation sites (tertiary alicyclic amines) is 1. The molecule has 1 amide bonds. The Balaban J connectivity index is 1.10. The molecule has 0 unspecified atom stereocenters. The van der Waals surface area contributed by atoms with Crippen molar-refractivity contribution in [2.45, 2.75) is 57.2 Å². The van der Waals surface area contributed by atoms with Crippen LogP contribution in [0.2, 0.25) is 0 Å². The number of aromatic nitrogens is 2. The van der Waals surface area contributed by atoms with E-state index >= 15 is 4.39 Å². The zero-order valence-electron chi connectivity index (χ0n) is 23.7. The van der Waals surface area contributed by atoms with Crippen molar-refractivity contribution in [3.8, 4) is 11.3 Å². The first-order valence-electron chi connectivity index (χ1n) is 15.3. The number of nitrogens with one attached hydrogen (secondary N) is 2. The Hall–Kier alpha value is -3.08. The van der Waals surface area contributed by atoms with Gasteiger partial charge < -0.3 is 20.3 Å². The maximum atomic E-state index is 15.2. The van der Waals surface area contributed by atoms with Gasteiger partial charge in [-0.1, -0.05) is 17.4 Å². The van der Waals surface area contributed by atoms with Crippen molar-refractivity contribution >= 4 is 38.1 Å². The Morgan fingerprint density at radius 2 is 1.98 bits per heavy atom. The number of benzene rings is 2. The number of amides is 1. The third-order valence-electron chi connectivity index (χ3n) is 8.78. The lowest BCUT2D eigenvalue weighted by molar-refractivity contribution is 0.0950. The highest BCUT2D eigenvalue weighted by molar-refractivity contribution is 7.23. The van der Waals surface area contributed by atoms with Crippen molar-refractivity contribution in [3.63, 3.8) is 0 Å².